The van der Waals surface area contributed by atoms with Crippen molar-refractivity contribution in [2.75, 3.05) is 27.8 Å². The van der Waals surface area contributed by atoms with Crippen molar-refractivity contribution in [2.24, 2.45) is 5.92 Å². The molecule has 6 atom stereocenters. The zero-order chi connectivity index (χ0) is 16.7. The van der Waals surface area contributed by atoms with Gasteiger partial charge in [-0.15, -0.1) is 0 Å². The van der Waals surface area contributed by atoms with Crippen molar-refractivity contribution in [3.05, 3.63) is 40.6 Å². The minimum Gasteiger partial charge on any atom is -0.633 e. The van der Waals surface area contributed by atoms with E-state index < -0.39 is 0 Å². The molecule has 1 unspecified atom stereocenters. The van der Waals surface area contributed by atoms with Gasteiger partial charge in [0.05, 0.1) is 32.2 Å². The number of piperidine rings is 1. The van der Waals surface area contributed by atoms with Crippen molar-refractivity contribution >= 4 is 0 Å². The first kappa shape index (κ1) is 14.8. The van der Waals surface area contributed by atoms with E-state index in [0.717, 1.165) is 24.3 Å². The van der Waals surface area contributed by atoms with Gasteiger partial charge in [0, 0.05) is 31.4 Å². The molecule has 0 aromatic heterocycles. The number of quaternary nitrogens is 1. The summed E-state index contributed by atoms with van der Waals surface area (Å²) in [6.45, 7) is 0.626. The lowest BCUT2D eigenvalue weighted by Gasteiger charge is -2.61. The lowest BCUT2D eigenvalue weighted by molar-refractivity contribution is -0.898. The highest BCUT2D eigenvalue weighted by atomic mass is 16.6. The van der Waals surface area contributed by atoms with Crippen LogP contribution in [0.5, 0.6) is 11.5 Å². The summed E-state index contributed by atoms with van der Waals surface area (Å²) in [4.78, 5) is 0. The van der Waals surface area contributed by atoms with E-state index in [4.69, 9.17) is 14.2 Å². The maximum Gasteiger partial charge on any atom is 0.165 e. The van der Waals surface area contributed by atoms with Gasteiger partial charge in [-0.25, -0.2) is 0 Å². The van der Waals surface area contributed by atoms with Crippen molar-refractivity contribution in [3.8, 4) is 11.5 Å². The maximum atomic E-state index is 13.1. The quantitative estimate of drug-likeness (QED) is 0.474. The standard InChI is InChI=1S/C19H23NO4/c1-20(21)9-8-19-12-5-7-15(23-3)18(19)24-17-14(22-2)6-4-11(16(17)19)10-13(12)20/h4-7,12-13,15,18H,8-10H2,1-3H3/t12-,13+,15-,18-,19-,20?/m0/s1. The highest BCUT2D eigenvalue weighted by Gasteiger charge is 2.67. The van der Waals surface area contributed by atoms with E-state index in [1.54, 1.807) is 14.2 Å². The largest absolute Gasteiger partial charge is 0.633 e. The first-order chi connectivity index (χ1) is 11.5. The summed E-state index contributed by atoms with van der Waals surface area (Å²) in [6.07, 6.45) is 5.78. The predicted molar refractivity (Wildman–Crippen MR) is 89.0 cm³/mol. The average Bonchev–Trinajstić information content (AvgIpc) is 2.93. The summed E-state index contributed by atoms with van der Waals surface area (Å²) < 4.78 is 17.6. The Morgan fingerprint density at radius 1 is 1.29 bits per heavy atom. The highest BCUT2D eigenvalue weighted by molar-refractivity contribution is 5.61. The van der Waals surface area contributed by atoms with E-state index in [9.17, 15) is 5.21 Å². The summed E-state index contributed by atoms with van der Waals surface area (Å²) in [5.74, 6) is 1.86. The van der Waals surface area contributed by atoms with Crippen LogP contribution in [0.15, 0.2) is 24.3 Å². The van der Waals surface area contributed by atoms with Gasteiger partial charge in [-0.2, -0.15) is 0 Å². The molecule has 0 saturated carbocycles. The van der Waals surface area contributed by atoms with Gasteiger partial charge in [0.25, 0.3) is 0 Å². The minimum absolute atomic E-state index is 0.0470. The van der Waals surface area contributed by atoms with E-state index in [0.29, 0.717) is 6.54 Å². The van der Waals surface area contributed by atoms with Crippen molar-refractivity contribution in [1.82, 2.24) is 0 Å². The van der Waals surface area contributed by atoms with Crippen LogP contribution in [0.4, 0.5) is 0 Å². The number of hydrogen-bond donors (Lipinski definition) is 0. The Bertz CT molecular complexity index is 743. The van der Waals surface area contributed by atoms with E-state index in [-0.39, 0.29) is 34.2 Å². The lowest BCUT2D eigenvalue weighted by atomic mass is 9.53. The SMILES string of the molecule is COc1ccc2c3c1O[C@H]1[C@@H](OC)C=C[C@H]4[C@@H](C2)[N+](C)([O-])CC[C@@]341. The fourth-order valence-corrected chi connectivity index (χ4v) is 5.72. The molecule has 24 heavy (non-hydrogen) atoms. The second kappa shape index (κ2) is 4.54. The molecule has 0 amide bonds. The molecule has 2 bridgehead atoms. The fraction of sp³-hybridized carbons (Fsp3) is 0.579. The number of methoxy groups -OCH3 is 2. The third kappa shape index (κ3) is 1.51. The number of rotatable bonds is 2. The number of hydroxylamine groups is 3. The fourth-order valence-electron chi connectivity index (χ4n) is 5.72. The Morgan fingerprint density at radius 2 is 2.12 bits per heavy atom. The van der Waals surface area contributed by atoms with E-state index in [1.807, 2.05) is 13.1 Å². The van der Waals surface area contributed by atoms with Gasteiger partial charge >= 0.3 is 0 Å². The van der Waals surface area contributed by atoms with E-state index >= 15 is 0 Å². The molecule has 2 aliphatic heterocycles. The second-order valence-electron chi connectivity index (χ2n) is 7.74. The van der Waals surface area contributed by atoms with Crippen LogP contribution in [-0.2, 0) is 16.6 Å². The molecule has 0 radical (unpaired) electrons. The van der Waals surface area contributed by atoms with E-state index in [2.05, 4.69) is 18.2 Å². The molecule has 1 saturated heterocycles. The number of benzene rings is 1. The molecule has 1 aromatic carbocycles. The number of likely N-dealkylation sites (N-methyl/N-ethyl adjacent to an activating group) is 1. The number of likely N-dealkylation sites (tertiary alicyclic amines) is 1. The van der Waals surface area contributed by atoms with Gasteiger partial charge < -0.3 is 24.1 Å². The smallest absolute Gasteiger partial charge is 0.165 e. The summed E-state index contributed by atoms with van der Waals surface area (Å²) >= 11 is 0. The third-order valence-electron chi connectivity index (χ3n) is 6.83. The molecule has 2 aliphatic carbocycles. The molecular formula is C19H23NO4. The van der Waals surface area contributed by atoms with Crippen LogP contribution >= 0.6 is 0 Å². The number of ether oxygens (including phenoxy) is 3. The Balaban J connectivity index is 1.80. The summed E-state index contributed by atoms with van der Waals surface area (Å²) in [6, 6.07) is 4.15. The molecule has 4 aliphatic rings. The van der Waals surface area contributed by atoms with Gasteiger partial charge in [-0.1, -0.05) is 18.2 Å². The molecule has 128 valence electrons. The molecule has 5 heteroatoms. The Kier molecular flexibility index (Phi) is 2.79. The zero-order valence-corrected chi connectivity index (χ0v) is 14.3. The minimum atomic E-state index is -0.165. The number of hydrogen-bond acceptors (Lipinski definition) is 4. The first-order valence-corrected chi connectivity index (χ1v) is 8.67. The summed E-state index contributed by atoms with van der Waals surface area (Å²) in [7, 11) is 5.24. The van der Waals surface area contributed by atoms with Gasteiger partial charge in [-0.05, 0) is 11.6 Å². The topological polar surface area (TPSA) is 50.8 Å². The van der Waals surface area contributed by atoms with Crippen LogP contribution in [0.25, 0.3) is 0 Å². The van der Waals surface area contributed by atoms with Gasteiger partial charge in [0.1, 0.15) is 12.2 Å². The molecular weight excluding hydrogens is 306 g/mol. The molecule has 0 N–H and O–H groups in total. The maximum absolute atomic E-state index is 13.1. The van der Waals surface area contributed by atoms with Crippen LogP contribution < -0.4 is 9.47 Å². The van der Waals surface area contributed by atoms with Crippen molar-refractivity contribution in [3.63, 3.8) is 0 Å². The van der Waals surface area contributed by atoms with Crippen LogP contribution in [0.1, 0.15) is 17.5 Å². The van der Waals surface area contributed by atoms with Crippen LogP contribution in [0.3, 0.4) is 0 Å². The number of nitrogens with zero attached hydrogens (tertiary/aromatic N) is 1. The summed E-state index contributed by atoms with van der Waals surface area (Å²) in [5, 5.41) is 13.1. The van der Waals surface area contributed by atoms with Gasteiger partial charge in [0.15, 0.2) is 11.5 Å². The van der Waals surface area contributed by atoms with Crippen molar-refractivity contribution < 1.29 is 18.9 Å². The van der Waals surface area contributed by atoms with Crippen molar-refractivity contribution in [2.45, 2.75) is 36.5 Å². The zero-order valence-electron chi connectivity index (χ0n) is 14.3. The normalized spacial score (nSPS) is 44.0. The van der Waals surface area contributed by atoms with Gasteiger partial charge in [-0.3, -0.25) is 0 Å². The van der Waals surface area contributed by atoms with Crippen LogP contribution in [0.2, 0.25) is 0 Å². The molecule has 2 heterocycles. The Morgan fingerprint density at radius 3 is 2.88 bits per heavy atom. The Labute approximate surface area is 142 Å². The molecule has 5 rings (SSSR count). The first-order valence-electron chi connectivity index (χ1n) is 8.67. The van der Waals surface area contributed by atoms with Crippen molar-refractivity contribution in [1.29, 1.82) is 0 Å². The van der Waals surface area contributed by atoms with E-state index in [1.165, 1.54) is 11.1 Å². The van der Waals surface area contributed by atoms with Crippen LogP contribution in [0, 0.1) is 11.1 Å². The summed E-state index contributed by atoms with van der Waals surface area (Å²) in [5.41, 5.74) is 2.37. The highest BCUT2D eigenvalue weighted by Crippen LogP contribution is 2.63. The molecule has 1 aromatic rings. The monoisotopic (exact) mass is 329 g/mol. The molecule has 1 spiro atoms. The average molecular weight is 329 g/mol. The lowest BCUT2D eigenvalue weighted by Crippen LogP contribution is -2.69. The molecule has 5 nitrogen and oxygen atoms in total. The van der Waals surface area contributed by atoms with Crippen LogP contribution in [-0.4, -0.2) is 50.7 Å². The predicted octanol–water partition coefficient (Wildman–Crippen LogP) is 2.17. The third-order valence-corrected chi connectivity index (χ3v) is 6.83. The Hall–Kier alpha value is -1.56. The van der Waals surface area contributed by atoms with Gasteiger partial charge in [0.2, 0.25) is 0 Å². The molecule has 1 fully saturated rings. The second-order valence-corrected chi connectivity index (χ2v) is 7.74.